The van der Waals surface area contributed by atoms with E-state index in [0.29, 0.717) is 0 Å². The van der Waals surface area contributed by atoms with Crippen LogP contribution in [0.5, 0.6) is 0 Å². The molecule has 0 saturated carbocycles. The van der Waals surface area contributed by atoms with Crippen LogP contribution >= 0.6 is 11.8 Å². The second-order valence-electron chi connectivity index (χ2n) is 5.88. The van der Waals surface area contributed by atoms with Crippen molar-refractivity contribution in [2.24, 2.45) is 0 Å². The second kappa shape index (κ2) is 6.70. The quantitative estimate of drug-likeness (QED) is 0.855. The molecule has 0 atom stereocenters. The molecule has 2 aromatic rings. The maximum atomic E-state index is 4.73. The Bertz CT molecular complexity index is 619. The maximum Gasteiger partial charge on any atom is 0.231 e. The first kappa shape index (κ1) is 14.7. The lowest BCUT2D eigenvalue weighted by atomic mass is 10.4. The summed E-state index contributed by atoms with van der Waals surface area (Å²) in [4.78, 5) is 23.0. The van der Waals surface area contributed by atoms with Crippen LogP contribution in [0, 0.1) is 0 Å². The van der Waals surface area contributed by atoms with Gasteiger partial charge in [-0.05, 0) is 49.6 Å². The van der Waals surface area contributed by atoms with E-state index < -0.39 is 0 Å². The van der Waals surface area contributed by atoms with Crippen molar-refractivity contribution in [1.29, 1.82) is 0 Å². The molecule has 23 heavy (non-hydrogen) atoms. The van der Waals surface area contributed by atoms with Gasteiger partial charge in [0, 0.05) is 32.4 Å². The summed E-state index contributed by atoms with van der Waals surface area (Å²) in [5.41, 5.74) is 0. The molecule has 0 bridgehead atoms. The molecule has 120 valence electrons. The number of aromatic nitrogens is 4. The molecule has 0 aromatic carbocycles. The van der Waals surface area contributed by atoms with E-state index in [9.17, 15) is 0 Å². The Morgan fingerprint density at radius 2 is 1.39 bits per heavy atom. The van der Waals surface area contributed by atoms with Gasteiger partial charge in [-0.2, -0.15) is 15.0 Å². The minimum Gasteiger partial charge on any atom is -0.341 e. The highest BCUT2D eigenvalue weighted by Crippen LogP contribution is 2.28. The van der Waals surface area contributed by atoms with Crippen LogP contribution in [0.2, 0.25) is 0 Å². The van der Waals surface area contributed by atoms with Crippen LogP contribution in [-0.2, 0) is 0 Å². The highest BCUT2D eigenvalue weighted by atomic mass is 32.2. The molecule has 0 radical (unpaired) electrons. The lowest BCUT2D eigenvalue weighted by molar-refractivity contribution is 0.790. The predicted molar refractivity (Wildman–Crippen MR) is 91.1 cm³/mol. The van der Waals surface area contributed by atoms with E-state index in [2.05, 4.69) is 24.8 Å². The average molecular weight is 328 g/mol. The molecule has 6 nitrogen and oxygen atoms in total. The Labute approximate surface area is 140 Å². The van der Waals surface area contributed by atoms with Crippen molar-refractivity contribution in [3.63, 3.8) is 0 Å². The fourth-order valence-electron chi connectivity index (χ4n) is 3.00. The first-order valence-electron chi connectivity index (χ1n) is 8.23. The predicted octanol–water partition coefficient (Wildman–Crippen LogP) is 2.62. The van der Waals surface area contributed by atoms with Crippen LogP contribution < -0.4 is 9.80 Å². The molecule has 0 N–H and O–H groups in total. The van der Waals surface area contributed by atoms with E-state index in [1.165, 1.54) is 37.4 Å². The smallest absolute Gasteiger partial charge is 0.231 e. The third-order valence-electron chi connectivity index (χ3n) is 4.20. The van der Waals surface area contributed by atoms with E-state index in [4.69, 9.17) is 4.98 Å². The Morgan fingerprint density at radius 3 is 1.91 bits per heavy atom. The highest BCUT2D eigenvalue weighted by molar-refractivity contribution is 7.99. The number of pyridine rings is 1. The molecule has 0 aliphatic carbocycles. The third-order valence-corrected chi connectivity index (χ3v) is 5.02. The molecule has 2 aliphatic rings. The molecule has 7 heteroatoms. The van der Waals surface area contributed by atoms with Crippen molar-refractivity contribution in [2.75, 3.05) is 36.0 Å². The van der Waals surface area contributed by atoms with Gasteiger partial charge < -0.3 is 9.80 Å². The molecule has 0 spiro atoms. The molecule has 0 unspecified atom stereocenters. The van der Waals surface area contributed by atoms with Crippen molar-refractivity contribution in [3.05, 3.63) is 24.4 Å². The zero-order valence-electron chi connectivity index (χ0n) is 13.1. The van der Waals surface area contributed by atoms with E-state index in [-0.39, 0.29) is 0 Å². The van der Waals surface area contributed by atoms with Crippen LogP contribution in [0.1, 0.15) is 25.7 Å². The Morgan fingerprint density at radius 1 is 0.783 bits per heavy atom. The van der Waals surface area contributed by atoms with Crippen LogP contribution in [-0.4, -0.2) is 46.1 Å². The number of anilines is 2. The Balaban J connectivity index is 1.65. The third kappa shape index (κ3) is 3.39. The zero-order valence-corrected chi connectivity index (χ0v) is 13.9. The van der Waals surface area contributed by atoms with E-state index in [1.54, 1.807) is 6.20 Å². The lowest BCUT2D eigenvalue weighted by Crippen LogP contribution is -2.25. The molecule has 0 amide bonds. The molecular formula is C16H20N6S. The van der Waals surface area contributed by atoms with Gasteiger partial charge in [-0.15, -0.1) is 0 Å². The monoisotopic (exact) mass is 328 g/mol. The fourth-order valence-corrected chi connectivity index (χ4v) is 3.70. The molecule has 4 rings (SSSR count). The summed E-state index contributed by atoms with van der Waals surface area (Å²) in [5, 5.41) is 1.65. The van der Waals surface area contributed by atoms with Gasteiger partial charge in [0.1, 0.15) is 5.03 Å². The van der Waals surface area contributed by atoms with Gasteiger partial charge in [-0.1, -0.05) is 6.07 Å². The number of hydrogen-bond donors (Lipinski definition) is 0. The summed E-state index contributed by atoms with van der Waals surface area (Å²) in [5.74, 6) is 1.63. The van der Waals surface area contributed by atoms with Crippen molar-refractivity contribution in [1.82, 2.24) is 19.9 Å². The SMILES string of the molecule is c1ccc(Sc2nc(N3CCCC3)nc(N3CCCC3)n2)nc1. The largest absolute Gasteiger partial charge is 0.341 e. The zero-order chi connectivity index (χ0) is 15.5. The maximum absolute atomic E-state index is 4.73. The van der Waals surface area contributed by atoms with Gasteiger partial charge in [-0.25, -0.2) is 4.98 Å². The average Bonchev–Trinajstić information content (AvgIpc) is 3.29. The van der Waals surface area contributed by atoms with Gasteiger partial charge in [0.05, 0.1) is 0 Å². The van der Waals surface area contributed by atoms with E-state index in [1.807, 2.05) is 18.2 Å². The van der Waals surface area contributed by atoms with E-state index in [0.717, 1.165) is 48.3 Å². The normalized spacial score (nSPS) is 17.9. The minimum atomic E-state index is 0.738. The molecule has 2 fully saturated rings. The number of rotatable bonds is 4. The lowest BCUT2D eigenvalue weighted by Gasteiger charge is -2.20. The topological polar surface area (TPSA) is 58.0 Å². The minimum absolute atomic E-state index is 0.738. The highest BCUT2D eigenvalue weighted by Gasteiger charge is 2.21. The standard InChI is InChI=1S/C16H20N6S/c1-2-8-17-13(7-1)23-16-19-14(21-9-3-4-10-21)18-15(20-16)22-11-5-6-12-22/h1-2,7-8H,3-6,9-12H2. The van der Waals surface area contributed by atoms with Crippen molar-refractivity contribution in [2.45, 2.75) is 35.9 Å². The van der Waals surface area contributed by atoms with Crippen LogP contribution in [0.25, 0.3) is 0 Å². The molecule has 2 aliphatic heterocycles. The second-order valence-corrected chi connectivity index (χ2v) is 6.86. The number of nitrogens with zero attached hydrogens (tertiary/aromatic N) is 6. The van der Waals surface area contributed by atoms with Crippen molar-refractivity contribution < 1.29 is 0 Å². The summed E-state index contributed by atoms with van der Waals surface area (Å²) in [6, 6.07) is 5.89. The van der Waals surface area contributed by atoms with Crippen LogP contribution in [0.4, 0.5) is 11.9 Å². The van der Waals surface area contributed by atoms with Gasteiger partial charge in [-0.3, -0.25) is 0 Å². The summed E-state index contributed by atoms with van der Waals surface area (Å²) in [6.07, 6.45) is 6.66. The van der Waals surface area contributed by atoms with Gasteiger partial charge in [0.25, 0.3) is 0 Å². The Hall–Kier alpha value is -1.89. The first-order chi connectivity index (χ1) is 11.4. The van der Waals surface area contributed by atoms with Gasteiger partial charge in [0.2, 0.25) is 17.1 Å². The van der Waals surface area contributed by atoms with Crippen LogP contribution in [0.3, 0.4) is 0 Å². The van der Waals surface area contributed by atoms with Gasteiger partial charge >= 0.3 is 0 Å². The van der Waals surface area contributed by atoms with Gasteiger partial charge in [0.15, 0.2) is 0 Å². The van der Waals surface area contributed by atoms with Crippen molar-refractivity contribution >= 4 is 23.7 Å². The molecule has 4 heterocycles. The number of hydrogen-bond acceptors (Lipinski definition) is 7. The first-order valence-corrected chi connectivity index (χ1v) is 9.05. The summed E-state index contributed by atoms with van der Waals surface area (Å²) >= 11 is 1.51. The van der Waals surface area contributed by atoms with E-state index >= 15 is 0 Å². The van der Waals surface area contributed by atoms with Crippen LogP contribution in [0.15, 0.2) is 34.6 Å². The fraction of sp³-hybridized carbons (Fsp3) is 0.500. The summed E-state index contributed by atoms with van der Waals surface area (Å²) < 4.78 is 0. The molecular weight excluding hydrogens is 308 g/mol. The summed E-state index contributed by atoms with van der Waals surface area (Å²) in [6.45, 7) is 4.16. The summed E-state index contributed by atoms with van der Waals surface area (Å²) in [7, 11) is 0. The molecule has 2 aromatic heterocycles. The molecule has 2 saturated heterocycles. The van der Waals surface area contributed by atoms with Crippen molar-refractivity contribution in [3.8, 4) is 0 Å². The Kier molecular flexibility index (Phi) is 4.28.